The number of aryl methyl sites for hydroxylation is 3. The summed E-state index contributed by atoms with van der Waals surface area (Å²) in [6.45, 7) is 6.04. The molecule has 0 saturated heterocycles. The quantitative estimate of drug-likeness (QED) is 0.408. The Morgan fingerprint density at radius 2 is 1.69 bits per heavy atom. The number of nitrogens with zero attached hydrogens (tertiary/aromatic N) is 3. The summed E-state index contributed by atoms with van der Waals surface area (Å²) in [5.41, 5.74) is 6.36. The summed E-state index contributed by atoms with van der Waals surface area (Å²) in [5, 5.41) is 12.1. The zero-order valence-corrected chi connectivity index (χ0v) is 18.8. The third kappa shape index (κ3) is 4.97. The SMILES string of the molecule is CCCCc1ccc(-n2nc3cc(C)c(NC(=O)COc4ccccc4C)cc3n2)cc1. The van der Waals surface area contributed by atoms with Crippen molar-refractivity contribution in [2.24, 2.45) is 0 Å². The highest BCUT2D eigenvalue weighted by atomic mass is 16.5. The fourth-order valence-corrected chi connectivity index (χ4v) is 3.54. The zero-order chi connectivity index (χ0) is 22.5. The molecular weight excluding hydrogens is 400 g/mol. The number of amides is 1. The molecule has 4 aromatic rings. The van der Waals surface area contributed by atoms with E-state index in [-0.39, 0.29) is 12.5 Å². The van der Waals surface area contributed by atoms with Crippen LogP contribution in [0.15, 0.2) is 60.7 Å². The standard InChI is InChI=1S/C26H28N4O2/c1-4-5-9-20-11-13-21(14-12-20)30-28-23-15-19(3)22(16-24(23)29-30)27-26(31)17-32-25-10-7-6-8-18(25)2/h6-8,10-16H,4-5,9,17H2,1-3H3,(H,27,31). The molecule has 4 rings (SSSR count). The van der Waals surface area contributed by atoms with Gasteiger partial charge in [-0.05, 0) is 73.7 Å². The van der Waals surface area contributed by atoms with Gasteiger partial charge in [-0.3, -0.25) is 4.79 Å². The molecule has 0 bridgehead atoms. The smallest absolute Gasteiger partial charge is 0.262 e. The Bertz CT molecular complexity index is 1230. The first kappa shape index (κ1) is 21.6. The van der Waals surface area contributed by atoms with Gasteiger partial charge in [0.2, 0.25) is 0 Å². The molecule has 0 aliphatic carbocycles. The number of aromatic nitrogens is 3. The van der Waals surface area contributed by atoms with Gasteiger partial charge in [-0.2, -0.15) is 4.80 Å². The maximum atomic E-state index is 12.4. The van der Waals surface area contributed by atoms with E-state index in [0.717, 1.165) is 34.3 Å². The van der Waals surface area contributed by atoms with Crippen molar-refractivity contribution < 1.29 is 9.53 Å². The first-order chi connectivity index (χ1) is 15.5. The van der Waals surface area contributed by atoms with Crippen LogP contribution in [0, 0.1) is 13.8 Å². The Kier molecular flexibility index (Phi) is 6.50. The Labute approximate surface area is 188 Å². The predicted octanol–water partition coefficient (Wildman–Crippen LogP) is 5.40. The van der Waals surface area contributed by atoms with Crippen LogP contribution in [0.5, 0.6) is 5.75 Å². The summed E-state index contributed by atoms with van der Waals surface area (Å²) in [6, 6.07) is 19.8. The molecule has 3 aromatic carbocycles. The maximum Gasteiger partial charge on any atom is 0.262 e. The predicted molar refractivity (Wildman–Crippen MR) is 128 cm³/mol. The van der Waals surface area contributed by atoms with E-state index in [0.29, 0.717) is 11.4 Å². The van der Waals surface area contributed by atoms with E-state index in [4.69, 9.17) is 4.74 Å². The lowest BCUT2D eigenvalue weighted by atomic mass is 10.1. The van der Waals surface area contributed by atoms with Crippen molar-refractivity contribution in [3.63, 3.8) is 0 Å². The van der Waals surface area contributed by atoms with Crippen LogP contribution in [0.4, 0.5) is 5.69 Å². The molecule has 0 fully saturated rings. The fraction of sp³-hybridized carbons (Fsp3) is 0.269. The minimum Gasteiger partial charge on any atom is -0.483 e. The summed E-state index contributed by atoms with van der Waals surface area (Å²) in [4.78, 5) is 14.1. The number of rotatable bonds is 8. The van der Waals surface area contributed by atoms with Gasteiger partial charge in [0.1, 0.15) is 16.8 Å². The summed E-state index contributed by atoms with van der Waals surface area (Å²) < 4.78 is 5.65. The average Bonchev–Trinajstić information content (AvgIpc) is 3.20. The summed E-state index contributed by atoms with van der Waals surface area (Å²) in [5.74, 6) is 0.490. The molecular formula is C26H28N4O2. The summed E-state index contributed by atoms with van der Waals surface area (Å²) >= 11 is 0. The highest BCUT2D eigenvalue weighted by Crippen LogP contribution is 2.23. The van der Waals surface area contributed by atoms with Crippen molar-refractivity contribution in [3.8, 4) is 11.4 Å². The van der Waals surface area contributed by atoms with Crippen molar-refractivity contribution in [3.05, 3.63) is 77.4 Å². The van der Waals surface area contributed by atoms with E-state index in [1.807, 2.05) is 62.4 Å². The van der Waals surface area contributed by atoms with Crippen molar-refractivity contribution in [2.45, 2.75) is 40.0 Å². The molecule has 0 aliphatic heterocycles. The largest absolute Gasteiger partial charge is 0.483 e. The Morgan fingerprint density at radius 1 is 0.969 bits per heavy atom. The van der Waals surface area contributed by atoms with E-state index in [9.17, 15) is 4.79 Å². The van der Waals surface area contributed by atoms with Crippen LogP contribution < -0.4 is 10.1 Å². The maximum absolute atomic E-state index is 12.4. The van der Waals surface area contributed by atoms with Crippen LogP contribution in [-0.2, 0) is 11.2 Å². The molecule has 1 N–H and O–H groups in total. The van der Waals surface area contributed by atoms with E-state index < -0.39 is 0 Å². The van der Waals surface area contributed by atoms with E-state index in [2.05, 4.69) is 34.6 Å². The Morgan fingerprint density at radius 3 is 2.41 bits per heavy atom. The zero-order valence-electron chi connectivity index (χ0n) is 18.8. The second-order valence-electron chi connectivity index (χ2n) is 8.02. The topological polar surface area (TPSA) is 69.0 Å². The molecule has 6 heteroatoms. The third-order valence-corrected chi connectivity index (χ3v) is 5.44. The molecule has 0 unspecified atom stereocenters. The van der Waals surface area contributed by atoms with Gasteiger partial charge in [-0.15, -0.1) is 10.2 Å². The number of carbonyl (C=O) groups excluding carboxylic acids is 1. The van der Waals surface area contributed by atoms with E-state index >= 15 is 0 Å². The normalized spacial score (nSPS) is 11.0. The number of hydrogen-bond acceptors (Lipinski definition) is 4. The van der Waals surface area contributed by atoms with Gasteiger partial charge in [0.15, 0.2) is 6.61 Å². The van der Waals surface area contributed by atoms with Crippen LogP contribution in [0.3, 0.4) is 0 Å². The number of nitrogens with one attached hydrogen (secondary N) is 1. The lowest BCUT2D eigenvalue weighted by molar-refractivity contribution is -0.118. The minimum atomic E-state index is -0.217. The third-order valence-electron chi connectivity index (χ3n) is 5.44. The molecule has 32 heavy (non-hydrogen) atoms. The summed E-state index contributed by atoms with van der Waals surface area (Å²) in [6.07, 6.45) is 3.46. The summed E-state index contributed by atoms with van der Waals surface area (Å²) in [7, 11) is 0. The van der Waals surface area contributed by atoms with Crippen LogP contribution in [0.2, 0.25) is 0 Å². The lowest BCUT2D eigenvalue weighted by Gasteiger charge is -2.10. The van der Waals surface area contributed by atoms with Gasteiger partial charge >= 0.3 is 0 Å². The second-order valence-corrected chi connectivity index (χ2v) is 8.02. The molecule has 164 valence electrons. The van der Waals surface area contributed by atoms with Crippen molar-refractivity contribution >= 4 is 22.6 Å². The van der Waals surface area contributed by atoms with Crippen molar-refractivity contribution in [2.75, 3.05) is 11.9 Å². The van der Waals surface area contributed by atoms with Gasteiger partial charge in [0, 0.05) is 5.69 Å². The van der Waals surface area contributed by atoms with Crippen LogP contribution >= 0.6 is 0 Å². The molecule has 6 nitrogen and oxygen atoms in total. The van der Waals surface area contributed by atoms with Gasteiger partial charge in [-0.1, -0.05) is 43.7 Å². The minimum absolute atomic E-state index is 0.0561. The molecule has 0 spiro atoms. The molecule has 0 aliphatic rings. The molecule has 0 saturated carbocycles. The Hall–Kier alpha value is -3.67. The van der Waals surface area contributed by atoms with Crippen molar-refractivity contribution in [1.29, 1.82) is 0 Å². The molecule has 1 amide bonds. The number of carbonyl (C=O) groups is 1. The molecule has 1 aromatic heterocycles. The van der Waals surface area contributed by atoms with Gasteiger partial charge in [0.25, 0.3) is 5.91 Å². The van der Waals surface area contributed by atoms with Crippen LogP contribution in [-0.4, -0.2) is 27.5 Å². The number of anilines is 1. The Balaban J connectivity index is 1.47. The number of ether oxygens (including phenoxy) is 1. The number of hydrogen-bond donors (Lipinski definition) is 1. The number of benzene rings is 3. The van der Waals surface area contributed by atoms with Crippen LogP contribution in [0.25, 0.3) is 16.7 Å². The number of fused-ring (bicyclic) bond motifs is 1. The van der Waals surface area contributed by atoms with Crippen LogP contribution in [0.1, 0.15) is 36.5 Å². The molecule has 0 radical (unpaired) electrons. The monoisotopic (exact) mass is 428 g/mol. The fourth-order valence-electron chi connectivity index (χ4n) is 3.54. The highest BCUT2D eigenvalue weighted by molar-refractivity contribution is 5.95. The first-order valence-corrected chi connectivity index (χ1v) is 11.0. The number of unbranched alkanes of at least 4 members (excludes halogenated alkanes) is 1. The number of para-hydroxylation sites is 1. The first-order valence-electron chi connectivity index (χ1n) is 11.0. The van der Waals surface area contributed by atoms with Gasteiger partial charge in [-0.25, -0.2) is 0 Å². The average molecular weight is 429 g/mol. The van der Waals surface area contributed by atoms with E-state index in [1.54, 1.807) is 4.80 Å². The van der Waals surface area contributed by atoms with Gasteiger partial charge in [0.05, 0.1) is 5.69 Å². The molecule has 1 heterocycles. The molecule has 0 atom stereocenters. The highest BCUT2D eigenvalue weighted by Gasteiger charge is 2.12. The van der Waals surface area contributed by atoms with Gasteiger partial charge < -0.3 is 10.1 Å². The second kappa shape index (κ2) is 9.64. The van der Waals surface area contributed by atoms with E-state index in [1.165, 1.54) is 18.4 Å². The lowest BCUT2D eigenvalue weighted by Crippen LogP contribution is -2.20. The van der Waals surface area contributed by atoms with Crippen molar-refractivity contribution in [1.82, 2.24) is 15.0 Å².